The molecular weight excluding hydrogens is 408 g/mol. The van der Waals surface area contributed by atoms with Crippen LogP contribution in [0.4, 0.5) is 5.69 Å². The molecule has 0 fully saturated rings. The van der Waals surface area contributed by atoms with Crippen LogP contribution in [0.15, 0.2) is 59.8 Å². The first-order chi connectivity index (χ1) is 15.1. The summed E-state index contributed by atoms with van der Waals surface area (Å²) in [5.74, 6) is 0.438. The van der Waals surface area contributed by atoms with E-state index in [9.17, 15) is 10.0 Å². The van der Waals surface area contributed by atoms with E-state index in [4.69, 9.17) is 12.2 Å². The van der Waals surface area contributed by atoms with Crippen molar-refractivity contribution < 1.29 is 5.11 Å². The Labute approximate surface area is 185 Å². The van der Waals surface area contributed by atoms with Crippen molar-refractivity contribution in [2.75, 3.05) is 0 Å². The molecule has 1 heterocycles. The Kier molecular flexibility index (Phi) is 6.23. The first-order valence-electron chi connectivity index (χ1n) is 10.5. The van der Waals surface area contributed by atoms with Gasteiger partial charge in [0.05, 0.1) is 11.3 Å². The summed E-state index contributed by atoms with van der Waals surface area (Å²) in [6.45, 7) is 2.16. The van der Waals surface area contributed by atoms with E-state index in [0.717, 1.165) is 47.7 Å². The number of aromatic hydroxyl groups is 1. The van der Waals surface area contributed by atoms with Crippen molar-refractivity contribution in [3.05, 3.63) is 69.8 Å². The van der Waals surface area contributed by atoms with Crippen molar-refractivity contribution in [3.63, 3.8) is 0 Å². The summed E-state index contributed by atoms with van der Waals surface area (Å²) in [6.07, 6.45) is 5.04. The zero-order chi connectivity index (χ0) is 21.8. The van der Waals surface area contributed by atoms with Gasteiger partial charge < -0.3 is 5.11 Å². The standard InChI is InChI=1S/C24H24N4O2S/c1-2-3-4-5-10-17-14-19(22(29)15-20(17)27-30)23-25-26-24(31)28(23)21-13-8-11-16-9-6-7-12-18(16)21/h6-9,11-15,29H,2-5,10H2,1H3,(H,26,31). The number of nitrogens with one attached hydrogen (secondary N) is 1. The number of hydrogen-bond acceptors (Lipinski definition) is 5. The number of hydrogen-bond donors (Lipinski definition) is 2. The third-order valence-electron chi connectivity index (χ3n) is 5.52. The van der Waals surface area contributed by atoms with Gasteiger partial charge in [0, 0.05) is 11.5 Å². The molecule has 4 rings (SSSR count). The number of H-pyrrole nitrogens is 1. The van der Waals surface area contributed by atoms with Gasteiger partial charge >= 0.3 is 0 Å². The minimum Gasteiger partial charge on any atom is -0.507 e. The van der Waals surface area contributed by atoms with Crippen molar-refractivity contribution in [2.24, 2.45) is 5.18 Å². The molecule has 0 bridgehead atoms. The van der Waals surface area contributed by atoms with Gasteiger partial charge in [0.25, 0.3) is 0 Å². The molecule has 0 saturated carbocycles. The summed E-state index contributed by atoms with van der Waals surface area (Å²) < 4.78 is 2.24. The molecular formula is C24H24N4O2S. The number of phenolic OH excluding ortho intramolecular Hbond substituents is 1. The van der Waals surface area contributed by atoms with Crippen molar-refractivity contribution >= 4 is 28.7 Å². The predicted octanol–water partition coefficient (Wildman–Crippen LogP) is 6.98. The Balaban J connectivity index is 1.84. The molecule has 158 valence electrons. The van der Waals surface area contributed by atoms with E-state index >= 15 is 0 Å². The third-order valence-corrected chi connectivity index (χ3v) is 5.79. The fraction of sp³-hybridized carbons (Fsp3) is 0.250. The number of fused-ring (bicyclic) bond motifs is 1. The van der Waals surface area contributed by atoms with Crippen LogP contribution in [0.1, 0.15) is 38.2 Å². The first kappa shape index (κ1) is 20.9. The average molecular weight is 433 g/mol. The molecule has 7 heteroatoms. The Bertz CT molecular complexity index is 1290. The van der Waals surface area contributed by atoms with Gasteiger partial charge in [-0.2, -0.15) is 5.10 Å². The van der Waals surface area contributed by atoms with Crippen LogP contribution in [0, 0.1) is 9.68 Å². The first-order valence-corrected chi connectivity index (χ1v) is 10.9. The molecule has 0 saturated heterocycles. The van der Waals surface area contributed by atoms with Gasteiger partial charge in [0.2, 0.25) is 0 Å². The lowest BCUT2D eigenvalue weighted by Gasteiger charge is -2.13. The number of aromatic amines is 1. The van der Waals surface area contributed by atoms with Crippen molar-refractivity contribution in [3.8, 4) is 22.8 Å². The molecule has 0 spiro atoms. The molecule has 0 atom stereocenters. The van der Waals surface area contributed by atoms with E-state index in [1.54, 1.807) is 0 Å². The fourth-order valence-corrected chi connectivity index (χ4v) is 4.16. The highest BCUT2D eigenvalue weighted by Crippen LogP contribution is 2.37. The maximum absolute atomic E-state index is 11.4. The largest absolute Gasteiger partial charge is 0.507 e. The van der Waals surface area contributed by atoms with E-state index in [2.05, 4.69) is 22.3 Å². The molecule has 0 aliphatic heterocycles. The highest BCUT2D eigenvalue weighted by molar-refractivity contribution is 7.71. The van der Waals surface area contributed by atoms with Crippen molar-refractivity contribution in [1.29, 1.82) is 0 Å². The van der Waals surface area contributed by atoms with Crippen molar-refractivity contribution in [1.82, 2.24) is 14.8 Å². The molecule has 2 N–H and O–H groups in total. The number of aromatic nitrogens is 3. The maximum atomic E-state index is 11.4. The summed E-state index contributed by atoms with van der Waals surface area (Å²) in [5, 5.41) is 23.2. The highest BCUT2D eigenvalue weighted by atomic mass is 32.1. The normalized spacial score (nSPS) is 11.1. The Hall–Kier alpha value is -3.32. The molecule has 3 aromatic carbocycles. The lowest BCUT2D eigenvalue weighted by molar-refractivity contribution is 0.476. The van der Waals surface area contributed by atoms with Gasteiger partial charge in [-0.05, 0) is 53.3 Å². The summed E-state index contributed by atoms with van der Waals surface area (Å²) in [6, 6.07) is 17.2. The van der Waals surface area contributed by atoms with Gasteiger partial charge in [-0.1, -0.05) is 62.6 Å². The van der Waals surface area contributed by atoms with Crippen LogP contribution in [0.5, 0.6) is 5.75 Å². The smallest absolute Gasteiger partial charge is 0.200 e. The summed E-state index contributed by atoms with van der Waals surface area (Å²) in [4.78, 5) is 11.4. The van der Waals surface area contributed by atoms with E-state index in [1.807, 2.05) is 53.1 Å². The number of nitroso groups, excluding NO2 is 1. The summed E-state index contributed by atoms with van der Waals surface area (Å²) in [7, 11) is 0. The van der Waals surface area contributed by atoms with E-state index < -0.39 is 0 Å². The number of nitrogens with zero attached hydrogens (tertiary/aromatic N) is 3. The van der Waals surface area contributed by atoms with Crippen LogP contribution >= 0.6 is 12.2 Å². The molecule has 0 aliphatic carbocycles. The second kappa shape index (κ2) is 9.22. The zero-order valence-corrected chi connectivity index (χ0v) is 18.2. The monoisotopic (exact) mass is 432 g/mol. The minimum absolute atomic E-state index is 0.0533. The lowest BCUT2D eigenvalue weighted by Crippen LogP contribution is -2.00. The maximum Gasteiger partial charge on any atom is 0.200 e. The Morgan fingerprint density at radius 2 is 1.90 bits per heavy atom. The second-order valence-electron chi connectivity index (χ2n) is 7.59. The molecule has 0 amide bonds. The van der Waals surface area contributed by atoms with Crippen LogP contribution in [0.3, 0.4) is 0 Å². The van der Waals surface area contributed by atoms with Gasteiger partial charge in [-0.3, -0.25) is 9.67 Å². The lowest BCUT2D eigenvalue weighted by atomic mass is 10.0. The topological polar surface area (TPSA) is 83.3 Å². The average Bonchev–Trinajstić information content (AvgIpc) is 3.17. The van der Waals surface area contributed by atoms with Gasteiger partial charge in [0.1, 0.15) is 11.4 Å². The van der Waals surface area contributed by atoms with Crippen LogP contribution in [-0.4, -0.2) is 19.9 Å². The number of unbranched alkanes of at least 4 members (excludes halogenated alkanes) is 3. The van der Waals surface area contributed by atoms with Crippen molar-refractivity contribution in [2.45, 2.75) is 39.0 Å². The molecule has 6 nitrogen and oxygen atoms in total. The van der Waals surface area contributed by atoms with Crippen LogP contribution in [-0.2, 0) is 6.42 Å². The van der Waals surface area contributed by atoms with Gasteiger partial charge in [0.15, 0.2) is 10.6 Å². The van der Waals surface area contributed by atoms with E-state index in [1.165, 1.54) is 6.07 Å². The Morgan fingerprint density at radius 3 is 2.71 bits per heavy atom. The zero-order valence-electron chi connectivity index (χ0n) is 17.3. The Morgan fingerprint density at radius 1 is 1.10 bits per heavy atom. The third kappa shape index (κ3) is 4.14. The minimum atomic E-state index is -0.0533. The molecule has 1 aromatic heterocycles. The fourth-order valence-electron chi connectivity index (χ4n) is 3.93. The molecule has 0 unspecified atom stereocenters. The van der Waals surface area contributed by atoms with Gasteiger partial charge in [-0.15, -0.1) is 4.91 Å². The van der Waals surface area contributed by atoms with Crippen LogP contribution in [0.25, 0.3) is 27.8 Å². The number of aryl methyl sites for hydroxylation is 1. The van der Waals surface area contributed by atoms with E-state index in [-0.39, 0.29) is 11.4 Å². The number of benzene rings is 3. The SMILES string of the molecule is CCCCCCc1cc(-c2n[nH]c(=S)n2-c2cccc3ccccc23)c(O)cc1N=O. The number of rotatable bonds is 8. The molecule has 0 radical (unpaired) electrons. The van der Waals surface area contributed by atoms with Gasteiger partial charge in [-0.25, -0.2) is 0 Å². The van der Waals surface area contributed by atoms with E-state index in [0.29, 0.717) is 22.6 Å². The molecule has 0 aliphatic rings. The number of phenols is 1. The quantitative estimate of drug-likeness (QED) is 0.179. The molecule has 4 aromatic rings. The van der Waals surface area contributed by atoms with Crippen LogP contribution < -0.4 is 0 Å². The highest BCUT2D eigenvalue weighted by Gasteiger charge is 2.19. The van der Waals surface area contributed by atoms with Crippen LogP contribution in [0.2, 0.25) is 0 Å². The predicted molar refractivity (Wildman–Crippen MR) is 127 cm³/mol. The summed E-state index contributed by atoms with van der Waals surface area (Å²) >= 11 is 5.54. The summed E-state index contributed by atoms with van der Waals surface area (Å²) in [5.41, 5.74) is 2.45. The molecule has 31 heavy (non-hydrogen) atoms. The second-order valence-corrected chi connectivity index (χ2v) is 7.97.